The Kier molecular flexibility index (Phi) is 6.27. The number of hydrogen-bond acceptors (Lipinski definition) is 8. The number of methoxy groups -OCH3 is 1. The van der Waals surface area contributed by atoms with E-state index < -0.39 is 42.6 Å². The predicted molar refractivity (Wildman–Crippen MR) is 80.0 cm³/mol. The Morgan fingerprint density at radius 1 is 1.17 bits per heavy atom. The summed E-state index contributed by atoms with van der Waals surface area (Å²) in [5, 5.41) is 20.2. The lowest BCUT2D eigenvalue weighted by molar-refractivity contribution is -0.294. The van der Waals surface area contributed by atoms with Gasteiger partial charge in [0.25, 0.3) is 0 Å². The molecule has 8 nitrogen and oxygen atoms in total. The quantitative estimate of drug-likeness (QED) is 0.713. The van der Waals surface area contributed by atoms with Crippen LogP contribution in [0.15, 0.2) is 30.3 Å². The Morgan fingerprint density at radius 3 is 2.42 bits per heavy atom. The van der Waals surface area contributed by atoms with Crippen molar-refractivity contribution in [3.63, 3.8) is 0 Å². The third-order valence-electron chi connectivity index (χ3n) is 3.60. The van der Waals surface area contributed by atoms with E-state index in [0.29, 0.717) is 5.56 Å². The van der Waals surface area contributed by atoms with E-state index in [4.69, 9.17) is 18.9 Å². The van der Waals surface area contributed by atoms with E-state index >= 15 is 0 Å². The van der Waals surface area contributed by atoms with Crippen LogP contribution in [0, 0.1) is 0 Å². The normalized spacial score (nSPS) is 29.8. The molecule has 1 aromatic rings. The minimum absolute atomic E-state index is 0.319. The highest BCUT2D eigenvalue weighted by atomic mass is 16.7. The summed E-state index contributed by atoms with van der Waals surface area (Å²) in [6, 6.07) is 8.30. The van der Waals surface area contributed by atoms with Crippen molar-refractivity contribution in [2.24, 2.45) is 0 Å². The first kappa shape index (κ1) is 18.3. The number of carbonyl (C=O) groups excluding carboxylic acids is 2. The van der Waals surface area contributed by atoms with Gasteiger partial charge in [0.05, 0.1) is 5.56 Å². The molecule has 8 heteroatoms. The molecule has 2 rings (SSSR count). The van der Waals surface area contributed by atoms with E-state index in [2.05, 4.69) is 0 Å². The van der Waals surface area contributed by atoms with Crippen molar-refractivity contribution < 1.29 is 38.7 Å². The maximum absolute atomic E-state index is 11.9. The third-order valence-corrected chi connectivity index (χ3v) is 3.60. The minimum Gasteiger partial charge on any atom is -0.459 e. The Balaban J connectivity index is 2.01. The van der Waals surface area contributed by atoms with Crippen LogP contribution in [0.3, 0.4) is 0 Å². The molecule has 0 spiro atoms. The van der Waals surface area contributed by atoms with Crippen LogP contribution >= 0.6 is 0 Å². The molecule has 1 aliphatic rings. The first-order valence-electron chi connectivity index (χ1n) is 7.37. The fourth-order valence-electron chi connectivity index (χ4n) is 2.44. The van der Waals surface area contributed by atoms with Gasteiger partial charge in [-0.2, -0.15) is 0 Å². The number of ether oxygens (including phenoxy) is 4. The molecule has 1 aliphatic heterocycles. The van der Waals surface area contributed by atoms with Gasteiger partial charge in [0, 0.05) is 14.0 Å². The lowest BCUT2D eigenvalue weighted by Crippen LogP contribution is -2.60. The lowest BCUT2D eigenvalue weighted by Gasteiger charge is -2.41. The van der Waals surface area contributed by atoms with Crippen molar-refractivity contribution in [3.05, 3.63) is 35.9 Å². The number of aliphatic hydroxyl groups is 2. The van der Waals surface area contributed by atoms with Crippen LogP contribution in [-0.2, 0) is 23.7 Å². The lowest BCUT2D eigenvalue weighted by atomic mass is 9.99. The molecular weight excluding hydrogens is 320 g/mol. The number of rotatable bonds is 5. The second-order valence-corrected chi connectivity index (χ2v) is 5.29. The van der Waals surface area contributed by atoms with Gasteiger partial charge >= 0.3 is 11.9 Å². The van der Waals surface area contributed by atoms with Crippen LogP contribution < -0.4 is 0 Å². The van der Waals surface area contributed by atoms with Crippen LogP contribution in [0.4, 0.5) is 0 Å². The van der Waals surface area contributed by atoms with Crippen molar-refractivity contribution in [1.82, 2.24) is 0 Å². The van der Waals surface area contributed by atoms with Gasteiger partial charge in [0.15, 0.2) is 12.4 Å². The van der Waals surface area contributed by atoms with Crippen LogP contribution in [0.1, 0.15) is 17.3 Å². The second kappa shape index (κ2) is 8.20. The highest BCUT2D eigenvalue weighted by Crippen LogP contribution is 2.25. The predicted octanol–water partition coefficient (Wildman–Crippen LogP) is -0.132. The molecule has 1 fully saturated rings. The molecule has 0 aromatic heterocycles. The highest BCUT2D eigenvalue weighted by molar-refractivity contribution is 5.89. The van der Waals surface area contributed by atoms with Crippen LogP contribution in [-0.4, -0.2) is 66.6 Å². The first-order chi connectivity index (χ1) is 11.4. The number of carbonyl (C=O) groups is 2. The van der Waals surface area contributed by atoms with E-state index in [1.54, 1.807) is 30.3 Å². The van der Waals surface area contributed by atoms with E-state index in [0.717, 1.165) is 0 Å². The molecule has 0 saturated carbocycles. The largest absolute Gasteiger partial charge is 0.459 e. The topological polar surface area (TPSA) is 112 Å². The third kappa shape index (κ3) is 4.30. The molecule has 24 heavy (non-hydrogen) atoms. The zero-order chi connectivity index (χ0) is 17.7. The summed E-state index contributed by atoms with van der Waals surface area (Å²) in [6.07, 6.45) is -6.03. The monoisotopic (exact) mass is 340 g/mol. The number of aliphatic hydroxyl groups excluding tert-OH is 2. The van der Waals surface area contributed by atoms with Gasteiger partial charge in [-0.3, -0.25) is 4.79 Å². The van der Waals surface area contributed by atoms with Gasteiger partial charge in [0.1, 0.15) is 24.9 Å². The summed E-state index contributed by atoms with van der Waals surface area (Å²) in [5.74, 6) is -1.24. The van der Waals surface area contributed by atoms with Crippen LogP contribution in [0.5, 0.6) is 0 Å². The zero-order valence-corrected chi connectivity index (χ0v) is 13.3. The molecule has 1 saturated heterocycles. The van der Waals surface area contributed by atoms with Crippen molar-refractivity contribution >= 4 is 11.9 Å². The number of hydrogen-bond donors (Lipinski definition) is 2. The van der Waals surface area contributed by atoms with E-state index in [-0.39, 0.29) is 6.61 Å². The van der Waals surface area contributed by atoms with Gasteiger partial charge < -0.3 is 29.2 Å². The summed E-state index contributed by atoms with van der Waals surface area (Å²) < 4.78 is 20.3. The van der Waals surface area contributed by atoms with Crippen LogP contribution in [0.2, 0.25) is 0 Å². The fraction of sp³-hybridized carbons (Fsp3) is 0.500. The molecular formula is C16H20O8. The highest BCUT2D eigenvalue weighted by Gasteiger charge is 2.47. The molecule has 1 heterocycles. The smallest absolute Gasteiger partial charge is 0.338 e. The number of esters is 2. The summed E-state index contributed by atoms with van der Waals surface area (Å²) >= 11 is 0. The van der Waals surface area contributed by atoms with Gasteiger partial charge in [0.2, 0.25) is 0 Å². The second-order valence-electron chi connectivity index (χ2n) is 5.29. The maximum atomic E-state index is 11.9. The Morgan fingerprint density at radius 2 is 1.83 bits per heavy atom. The molecule has 132 valence electrons. The van der Waals surface area contributed by atoms with Gasteiger partial charge in [-0.25, -0.2) is 4.79 Å². The molecule has 5 atom stereocenters. The van der Waals surface area contributed by atoms with Gasteiger partial charge in [-0.1, -0.05) is 18.2 Å². The van der Waals surface area contributed by atoms with Gasteiger partial charge in [-0.15, -0.1) is 0 Å². The molecule has 0 bridgehead atoms. The first-order valence-corrected chi connectivity index (χ1v) is 7.37. The van der Waals surface area contributed by atoms with Crippen molar-refractivity contribution in [3.8, 4) is 0 Å². The van der Waals surface area contributed by atoms with E-state index in [9.17, 15) is 19.8 Å². The Hall–Kier alpha value is -2.00. The standard InChI is InChI=1S/C16H20O8/c1-9(17)23-13-12(18)11(24-16(20)14(13)21-2)8-22-15(19)10-6-4-3-5-7-10/h3-7,11-14,16,18,20H,8H2,1-2H3/t11-,12-,13-,14+,16+/m1/s1. The van der Waals surface area contributed by atoms with Crippen molar-refractivity contribution in [2.75, 3.05) is 13.7 Å². The summed E-state index contributed by atoms with van der Waals surface area (Å²) in [4.78, 5) is 23.1. The molecule has 0 unspecified atom stereocenters. The molecule has 0 radical (unpaired) electrons. The molecule has 0 amide bonds. The SMILES string of the molecule is CO[C@H]1[C@H](OC(C)=O)[C@H](O)[C@@H](COC(=O)c2ccccc2)O[C@@H]1O. The van der Waals surface area contributed by atoms with Crippen molar-refractivity contribution in [1.29, 1.82) is 0 Å². The fourth-order valence-corrected chi connectivity index (χ4v) is 2.44. The Labute approximate surface area is 138 Å². The summed E-state index contributed by atoms with van der Waals surface area (Å²) in [7, 11) is 1.29. The molecule has 1 aromatic carbocycles. The number of benzene rings is 1. The van der Waals surface area contributed by atoms with E-state index in [1.807, 2.05) is 0 Å². The Bertz CT molecular complexity index is 560. The summed E-state index contributed by atoms with van der Waals surface area (Å²) in [5.41, 5.74) is 0.342. The zero-order valence-electron chi connectivity index (χ0n) is 13.3. The van der Waals surface area contributed by atoms with E-state index in [1.165, 1.54) is 14.0 Å². The maximum Gasteiger partial charge on any atom is 0.338 e. The van der Waals surface area contributed by atoms with Crippen molar-refractivity contribution in [2.45, 2.75) is 37.6 Å². The summed E-state index contributed by atoms with van der Waals surface area (Å²) in [6.45, 7) is 0.853. The minimum atomic E-state index is -1.44. The van der Waals surface area contributed by atoms with Gasteiger partial charge in [-0.05, 0) is 12.1 Å². The average Bonchev–Trinajstić information content (AvgIpc) is 2.57. The van der Waals surface area contributed by atoms with Crippen LogP contribution in [0.25, 0.3) is 0 Å². The molecule has 0 aliphatic carbocycles. The molecule has 2 N–H and O–H groups in total. The average molecular weight is 340 g/mol.